The van der Waals surface area contributed by atoms with Crippen molar-refractivity contribution in [2.75, 3.05) is 0 Å². The van der Waals surface area contributed by atoms with Gasteiger partial charge in [-0.25, -0.2) is 0 Å². The van der Waals surface area contributed by atoms with Gasteiger partial charge in [0.1, 0.15) is 0 Å². The van der Waals surface area contributed by atoms with E-state index in [1.54, 1.807) is 0 Å². The van der Waals surface area contributed by atoms with Crippen LogP contribution < -0.4 is 0 Å². The maximum absolute atomic E-state index is 4.71. The Hall–Kier alpha value is -1.89. The summed E-state index contributed by atoms with van der Waals surface area (Å²) in [6, 6.07) is 17.0. The van der Waals surface area contributed by atoms with Gasteiger partial charge in [-0.2, -0.15) is 0 Å². The molecule has 2 aromatic rings. The third-order valence-corrected chi connectivity index (χ3v) is 3.14. The minimum absolute atomic E-state index is 1.01. The fourth-order valence-corrected chi connectivity index (χ4v) is 2.26. The van der Waals surface area contributed by atoms with Crippen molar-refractivity contribution in [1.29, 1.82) is 0 Å². The summed E-state index contributed by atoms with van der Waals surface area (Å²) in [5, 5.41) is 0. The van der Waals surface area contributed by atoms with Crippen LogP contribution >= 0.6 is 0 Å². The van der Waals surface area contributed by atoms with Crippen LogP contribution in [0.5, 0.6) is 0 Å². The average Bonchev–Trinajstić information content (AvgIpc) is 2.36. The molecule has 1 heteroatoms. The topological polar surface area (TPSA) is 12.4 Å². The van der Waals surface area contributed by atoms with E-state index in [1.165, 1.54) is 22.4 Å². The maximum Gasteiger partial charge on any atom is 0.0634 e. The standard InChI is InChI=1S/C18H21N/c1-14-11-15(2)13-18(12-14)19-16(3)9-10-17-7-5-4-6-8-17/h4-8,11-13H,9-10H2,1-3H3. The molecule has 0 aliphatic rings. The van der Waals surface area contributed by atoms with Gasteiger partial charge in [-0.1, -0.05) is 36.4 Å². The number of nitrogens with zero attached hydrogens (tertiary/aromatic N) is 1. The second kappa shape index (κ2) is 6.33. The van der Waals surface area contributed by atoms with Crippen LogP contribution in [0.2, 0.25) is 0 Å². The highest BCUT2D eigenvalue weighted by Crippen LogP contribution is 2.18. The van der Waals surface area contributed by atoms with Crippen LogP contribution in [-0.2, 0) is 6.42 Å². The van der Waals surface area contributed by atoms with Gasteiger partial charge < -0.3 is 0 Å². The van der Waals surface area contributed by atoms with E-state index in [2.05, 4.69) is 69.3 Å². The van der Waals surface area contributed by atoms with Gasteiger partial charge in [-0.15, -0.1) is 0 Å². The first-order chi connectivity index (χ1) is 9.13. The van der Waals surface area contributed by atoms with Crippen LogP contribution in [0.25, 0.3) is 0 Å². The van der Waals surface area contributed by atoms with Gasteiger partial charge in [0.05, 0.1) is 5.69 Å². The Labute approximate surface area is 116 Å². The van der Waals surface area contributed by atoms with E-state index in [9.17, 15) is 0 Å². The highest BCUT2D eigenvalue weighted by Gasteiger charge is 1.98. The molecule has 0 saturated carbocycles. The molecule has 19 heavy (non-hydrogen) atoms. The van der Waals surface area contributed by atoms with Crippen LogP contribution in [0, 0.1) is 13.8 Å². The van der Waals surface area contributed by atoms with Gasteiger partial charge in [0.15, 0.2) is 0 Å². The molecule has 0 N–H and O–H groups in total. The van der Waals surface area contributed by atoms with Crippen LogP contribution in [0.15, 0.2) is 53.5 Å². The number of aryl methyl sites for hydroxylation is 3. The van der Waals surface area contributed by atoms with Gasteiger partial charge >= 0.3 is 0 Å². The highest BCUT2D eigenvalue weighted by molar-refractivity contribution is 5.84. The lowest BCUT2D eigenvalue weighted by atomic mass is 10.1. The second-order valence-corrected chi connectivity index (χ2v) is 5.18. The number of hydrogen-bond acceptors (Lipinski definition) is 1. The minimum Gasteiger partial charge on any atom is -0.258 e. The molecule has 0 heterocycles. The normalized spacial score (nSPS) is 11.6. The molecule has 0 aliphatic carbocycles. The summed E-state index contributed by atoms with van der Waals surface area (Å²) in [4.78, 5) is 4.71. The van der Waals surface area contributed by atoms with Crippen LogP contribution in [-0.4, -0.2) is 5.71 Å². The molecule has 0 bridgehead atoms. The zero-order valence-corrected chi connectivity index (χ0v) is 12.0. The Kier molecular flexibility index (Phi) is 4.51. The van der Waals surface area contributed by atoms with E-state index >= 15 is 0 Å². The first kappa shape index (κ1) is 13.5. The number of aliphatic imine (C=N–C) groups is 1. The second-order valence-electron chi connectivity index (χ2n) is 5.18. The van der Waals surface area contributed by atoms with E-state index in [1.807, 2.05) is 0 Å². The number of rotatable bonds is 4. The molecular weight excluding hydrogens is 230 g/mol. The number of hydrogen-bond donors (Lipinski definition) is 0. The van der Waals surface area contributed by atoms with Gasteiger partial charge in [-0.3, -0.25) is 4.99 Å². The molecule has 1 nitrogen and oxygen atoms in total. The van der Waals surface area contributed by atoms with Gasteiger partial charge in [0.2, 0.25) is 0 Å². The molecule has 2 aromatic carbocycles. The summed E-state index contributed by atoms with van der Waals surface area (Å²) < 4.78 is 0. The Morgan fingerprint density at radius 3 is 2.21 bits per heavy atom. The zero-order valence-electron chi connectivity index (χ0n) is 12.0. The zero-order chi connectivity index (χ0) is 13.7. The van der Waals surface area contributed by atoms with Crippen molar-refractivity contribution in [2.24, 2.45) is 4.99 Å². The molecule has 0 unspecified atom stereocenters. The van der Waals surface area contributed by atoms with E-state index in [4.69, 9.17) is 4.99 Å². The van der Waals surface area contributed by atoms with Gasteiger partial charge in [-0.05, 0) is 62.4 Å². The molecular formula is C18H21N. The SMILES string of the molecule is CC(CCc1ccccc1)=Nc1cc(C)cc(C)c1. The van der Waals surface area contributed by atoms with Crippen molar-refractivity contribution >= 4 is 11.4 Å². The largest absolute Gasteiger partial charge is 0.258 e. The molecule has 0 aromatic heterocycles. The van der Waals surface area contributed by atoms with Crippen LogP contribution in [0.3, 0.4) is 0 Å². The van der Waals surface area contributed by atoms with Crippen molar-refractivity contribution in [2.45, 2.75) is 33.6 Å². The van der Waals surface area contributed by atoms with Crippen molar-refractivity contribution in [3.8, 4) is 0 Å². The summed E-state index contributed by atoms with van der Waals surface area (Å²) >= 11 is 0. The van der Waals surface area contributed by atoms with E-state index in [0.29, 0.717) is 0 Å². The molecule has 2 rings (SSSR count). The molecule has 0 radical (unpaired) electrons. The van der Waals surface area contributed by atoms with Gasteiger partial charge in [0, 0.05) is 5.71 Å². The Bertz CT molecular complexity index is 547. The van der Waals surface area contributed by atoms with Crippen molar-refractivity contribution in [1.82, 2.24) is 0 Å². The first-order valence-corrected chi connectivity index (χ1v) is 6.80. The lowest BCUT2D eigenvalue weighted by Gasteiger charge is -2.04. The Morgan fingerprint density at radius 2 is 1.58 bits per heavy atom. The molecule has 0 aliphatic heterocycles. The van der Waals surface area contributed by atoms with E-state index < -0.39 is 0 Å². The number of benzene rings is 2. The summed E-state index contributed by atoms with van der Waals surface area (Å²) in [7, 11) is 0. The quantitative estimate of drug-likeness (QED) is 0.676. The molecule has 0 fully saturated rings. The molecule has 0 atom stereocenters. The lowest BCUT2D eigenvalue weighted by molar-refractivity contribution is 1.03. The van der Waals surface area contributed by atoms with Crippen LogP contribution in [0.4, 0.5) is 5.69 Å². The Balaban J connectivity index is 2.03. The maximum atomic E-state index is 4.71. The van der Waals surface area contributed by atoms with Gasteiger partial charge in [0.25, 0.3) is 0 Å². The van der Waals surface area contributed by atoms with Crippen molar-refractivity contribution < 1.29 is 0 Å². The predicted molar refractivity (Wildman–Crippen MR) is 83.4 cm³/mol. The Morgan fingerprint density at radius 1 is 0.947 bits per heavy atom. The lowest BCUT2D eigenvalue weighted by Crippen LogP contribution is -1.94. The fraction of sp³-hybridized carbons (Fsp3) is 0.278. The third-order valence-electron chi connectivity index (χ3n) is 3.14. The van der Waals surface area contributed by atoms with E-state index in [0.717, 1.165) is 18.5 Å². The third kappa shape index (κ3) is 4.36. The molecule has 0 spiro atoms. The summed E-state index contributed by atoms with van der Waals surface area (Å²) in [6.45, 7) is 6.34. The summed E-state index contributed by atoms with van der Waals surface area (Å²) in [5.74, 6) is 0. The highest BCUT2D eigenvalue weighted by atomic mass is 14.7. The molecule has 98 valence electrons. The van der Waals surface area contributed by atoms with E-state index in [-0.39, 0.29) is 0 Å². The minimum atomic E-state index is 1.01. The average molecular weight is 251 g/mol. The summed E-state index contributed by atoms with van der Waals surface area (Å²) in [6.07, 6.45) is 2.07. The summed E-state index contributed by atoms with van der Waals surface area (Å²) in [5.41, 5.74) is 6.18. The van der Waals surface area contributed by atoms with Crippen molar-refractivity contribution in [3.05, 3.63) is 65.2 Å². The monoisotopic (exact) mass is 251 g/mol. The molecule has 0 saturated heterocycles. The fourth-order valence-electron chi connectivity index (χ4n) is 2.26. The first-order valence-electron chi connectivity index (χ1n) is 6.80. The predicted octanol–water partition coefficient (Wildman–Crippen LogP) is 5.03. The molecule has 0 amide bonds. The smallest absolute Gasteiger partial charge is 0.0634 e. The van der Waals surface area contributed by atoms with Crippen LogP contribution in [0.1, 0.15) is 30.0 Å². The van der Waals surface area contributed by atoms with Crippen molar-refractivity contribution in [3.63, 3.8) is 0 Å².